The second kappa shape index (κ2) is 10.3. The zero-order chi connectivity index (χ0) is 20.6. The number of carbonyl (C=O) groups excluding carboxylic acids is 1. The van der Waals surface area contributed by atoms with E-state index in [0.717, 1.165) is 29.7 Å². The lowest BCUT2D eigenvalue weighted by Crippen LogP contribution is -2.43. The molecule has 0 unspecified atom stereocenters. The number of aromatic carboxylic acids is 1. The molecule has 0 spiro atoms. The number of carbonyl (C=O) groups is 2. The Bertz CT molecular complexity index is 850. The minimum atomic E-state index is -1.01. The van der Waals surface area contributed by atoms with Gasteiger partial charge < -0.3 is 15.1 Å². The molecule has 1 aromatic carbocycles. The summed E-state index contributed by atoms with van der Waals surface area (Å²) < 4.78 is 0. The van der Waals surface area contributed by atoms with Crippen molar-refractivity contribution in [1.29, 1.82) is 0 Å². The summed E-state index contributed by atoms with van der Waals surface area (Å²) >= 11 is 1.18. The fourth-order valence-corrected chi connectivity index (χ4v) is 4.36. The smallest absolute Gasteiger partial charge is 0.365 e. The standard InChI is InChI=1S/C22H26N2O4S/c25-18(14-16-6-2-1-3-7-16)12-11-17-8-4-10-20(26)24(17)13-5-9-19-15-23-21(29-19)22(27)28/h1-3,6-7,11-12,15,17-18,25H,4-5,8-10,13-14H2,(H,27,28)/t17-,18-/m1/s1. The minimum Gasteiger partial charge on any atom is -0.476 e. The van der Waals surface area contributed by atoms with Gasteiger partial charge in [0.25, 0.3) is 0 Å². The fraction of sp³-hybridized carbons (Fsp3) is 0.409. The van der Waals surface area contributed by atoms with Gasteiger partial charge >= 0.3 is 5.97 Å². The first-order chi connectivity index (χ1) is 14.0. The van der Waals surface area contributed by atoms with Crippen LogP contribution in [0, 0.1) is 0 Å². The molecule has 2 atom stereocenters. The SMILES string of the molecule is O=C(O)c1ncc(CCCN2C(=O)CCC[C@@H]2C=C[C@@H](O)Cc2ccccc2)s1. The number of likely N-dealkylation sites (tertiary alicyclic amines) is 1. The Morgan fingerprint density at radius 1 is 1.34 bits per heavy atom. The maximum atomic E-state index is 12.4. The van der Waals surface area contributed by atoms with Crippen molar-refractivity contribution in [2.75, 3.05) is 6.54 Å². The van der Waals surface area contributed by atoms with Crippen LogP contribution in [0.15, 0.2) is 48.7 Å². The molecule has 1 fully saturated rings. The molecule has 7 heteroatoms. The Morgan fingerprint density at radius 2 is 2.14 bits per heavy atom. The van der Waals surface area contributed by atoms with Gasteiger partial charge in [0, 0.05) is 30.5 Å². The molecule has 0 saturated carbocycles. The van der Waals surface area contributed by atoms with Crippen LogP contribution in [0.4, 0.5) is 0 Å². The number of hydrogen-bond donors (Lipinski definition) is 2. The van der Waals surface area contributed by atoms with Gasteiger partial charge in [-0.05, 0) is 31.2 Å². The van der Waals surface area contributed by atoms with Crippen molar-refractivity contribution in [1.82, 2.24) is 9.88 Å². The Balaban J connectivity index is 1.53. The molecule has 0 bridgehead atoms. The molecule has 6 nitrogen and oxygen atoms in total. The number of amides is 1. The minimum absolute atomic E-state index is 0.00212. The van der Waals surface area contributed by atoms with Crippen LogP contribution in [-0.4, -0.2) is 50.7 Å². The number of nitrogens with zero attached hydrogens (tertiary/aromatic N) is 2. The van der Waals surface area contributed by atoms with Crippen molar-refractivity contribution in [2.24, 2.45) is 0 Å². The first-order valence-electron chi connectivity index (χ1n) is 9.90. The lowest BCUT2D eigenvalue weighted by Gasteiger charge is -2.34. The molecule has 1 aliphatic heterocycles. The van der Waals surface area contributed by atoms with Crippen LogP contribution in [0.1, 0.15) is 45.9 Å². The largest absolute Gasteiger partial charge is 0.476 e. The Labute approximate surface area is 174 Å². The summed E-state index contributed by atoms with van der Waals surface area (Å²) in [4.78, 5) is 30.0. The Morgan fingerprint density at radius 3 is 2.86 bits per heavy atom. The topological polar surface area (TPSA) is 90.7 Å². The zero-order valence-corrected chi connectivity index (χ0v) is 17.1. The summed E-state index contributed by atoms with van der Waals surface area (Å²) in [5.74, 6) is -0.870. The van der Waals surface area contributed by atoms with E-state index in [0.29, 0.717) is 25.8 Å². The van der Waals surface area contributed by atoms with E-state index in [2.05, 4.69) is 4.98 Å². The summed E-state index contributed by atoms with van der Waals surface area (Å²) in [6.45, 7) is 0.614. The quantitative estimate of drug-likeness (QED) is 0.615. The van der Waals surface area contributed by atoms with Crippen molar-refractivity contribution in [2.45, 2.75) is 50.7 Å². The monoisotopic (exact) mass is 414 g/mol. The molecule has 3 rings (SSSR count). The molecule has 0 aliphatic carbocycles. The van der Waals surface area contributed by atoms with Gasteiger partial charge in [0.2, 0.25) is 10.9 Å². The summed E-state index contributed by atoms with van der Waals surface area (Å²) in [5, 5.41) is 19.4. The first-order valence-corrected chi connectivity index (χ1v) is 10.7. The third kappa shape index (κ3) is 6.24. The molecule has 2 N–H and O–H groups in total. The van der Waals surface area contributed by atoms with Crippen molar-refractivity contribution >= 4 is 23.2 Å². The van der Waals surface area contributed by atoms with Gasteiger partial charge in [-0.2, -0.15) is 0 Å². The lowest BCUT2D eigenvalue weighted by atomic mass is 9.99. The van der Waals surface area contributed by atoms with E-state index in [9.17, 15) is 14.7 Å². The number of benzene rings is 1. The number of hydrogen-bond acceptors (Lipinski definition) is 5. The molecule has 29 heavy (non-hydrogen) atoms. The number of carboxylic acid groups (broad SMARTS) is 1. The van der Waals surface area contributed by atoms with Gasteiger partial charge in [-0.25, -0.2) is 9.78 Å². The Kier molecular flexibility index (Phi) is 7.55. The number of piperidine rings is 1. The molecule has 154 valence electrons. The van der Waals surface area contributed by atoms with Crippen LogP contribution in [0.5, 0.6) is 0 Å². The van der Waals surface area contributed by atoms with E-state index in [1.165, 1.54) is 11.3 Å². The van der Waals surface area contributed by atoms with Crippen LogP contribution < -0.4 is 0 Å². The van der Waals surface area contributed by atoms with Gasteiger partial charge in [-0.1, -0.05) is 42.5 Å². The predicted octanol–water partition coefficient (Wildman–Crippen LogP) is 3.31. The van der Waals surface area contributed by atoms with E-state index >= 15 is 0 Å². The van der Waals surface area contributed by atoms with E-state index in [1.54, 1.807) is 12.3 Å². The predicted molar refractivity (Wildman–Crippen MR) is 112 cm³/mol. The normalized spacial score (nSPS) is 18.3. The number of aliphatic hydroxyl groups is 1. The van der Waals surface area contributed by atoms with E-state index in [4.69, 9.17) is 5.11 Å². The van der Waals surface area contributed by atoms with E-state index in [1.807, 2.05) is 41.3 Å². The summed E-state index contributed by atoms with van der Waals surface area (Å²) in [6, 6.07) is 9.83. The molecule has 1 aliphatic rings. The van der Waals surface area contributed by atoms with Crippen LogP contribution in [0.3, 0.4) is 0 Å². The molecule has 2 heterocycles. The second-order valence-corrected chi connectivity index (χ2v) is 8.34. The third-order valence-corrected chi connectivity index (χ3v) is 6.06. The maximum absolute atomic E-state index is 12.4. The van der Waals surface area contributed by atoms with E-state index < -0.39 is 12.1 Å². The highest BCUT2D eigenvalue weighted by molar-refractivity contribution is 7.13. The molecular weight excluding hydrogens is 388 g/mol. The van der Waals surface area contributed by atoms with Crippen molar-refractivity contribution in [3.8, 4) is 0 Å². The Hall–Kier alpha value is -2.51. The molecule has 1 saturated heterocycles. The number of aryl methyl sites for hydroxylation is 1. The van der Waals surface area contributed by atoms with Crippen LogP contribution in [0.25, 0.3) is 0 Å². The van der Waals surface area contributed by atoms with Gasteiger partial charge in [-0.3, -0.25) is 4.79 Å². The van der Waals surface area contributed by atoms with Crippen molar-refractivity contribution < 1.29 is 19.8 Å². The number of aliphatic hydroxyl groups excluding tert-OH is 1. The molecule has 1 amide bonds. The van der Waals surface area contributed by atoms with Gasteiger partial charge in [0.05, 0.1) is 12.1 Å². The third-order valence-electron chi connectivity index (χ3n) is 5.01. The molecule has 2 aromatic rings. The van der Waals surface area contributed by atoms with Gasteiger partial charge in [0.15, 0.2) is 0 Å². The number of aromatic nitrogens is 1. The van der Waals surface area contributed by atoms with Crippen LogP contribution >= 0.6 is 11.3 Å². The van der Waals surface area contributed by atoms with E-state index in [-0.39, 0.29) is 17.0 Å². The summed E-state index contributed by atoms with van der Waals surface area (Å²) in [5.41, 5.74) is 1.08. The highest BCUT2D eigenvalue weighted by Crippen LogP contribution is 2.21. The molecule has 0 radical (unpaired) electrons. The first kappa shape index (κ1) is 21.2. The van der Waals surface area contributed by atoms with Crippen LogP contribution in [0.2, 0.25) is 0 Å². The number of carboxylic acids is 1. The zero-order valence-electron chi connectivity index (χ0n) is 16.2. The highest BCUT2D eigenvalue weighted by Gasteiger charge is 2.26. The summed E-state index contributed by atoms with van der Waals surface area (Å²) in [7, 11) is 0. The highest BCUT2D eigenvalue weighted by atomic mass is 32.1. The average Bonchev–Trinajstić information content (AvgIpc) is 3.18. The molecular formula is C22H26N2O4S. The lowest BCUT2D eigenvalue weighted by molar-refractivity contribution is -0.135. The number of thiazole rings is 1. The fourth-order valence-electron chi connectivity index (χ4n) is 3.56. The second-order valence-electron chi connectivity index (χ2n) is 7.23. The van der Waals surface area contributed by atoms with Crippen molar-refractivity contribution in [3.05, 3.63) is 64.1 Å². The maximum Gasteiger partial charge on any atom is 0.365 e. The van der Waals surface area contributed by atoms with Crippen molar-refractivity contribution in [3.63, 3.8) is 0 Å². The number of rotatable bonds is 9. The van der Waals surface area contributed by atoms with Crippen LogP contribution in [-0.2, 0) is 17.6 Å². The summed E-state index contributed by atoms with van der Waals surface area (Å²) in [6.07, 6.45) is 9.08. The van der Waals surface area contributed by atoms with Gasteiger partial charge in [-0.15, -0.1) is 11.3 Å². The molecule has 1 aromatic heterocycles. The van der Waals surface area contributed by atoms with Gasteiger partial charge in [0.1, 0.15) is 0 Å². The average molecular weight is 415 g/mol.